The second kappa shape index (κ2) is 36.8. The smallest absolute Gasteiger partial charge is 0.228 e. The number of aromatic amines is 4. The molecular formula is C34H26B38N22OS3. The topological polar surface area (TPSA) is 269 Å². The third-order valence-electron chi connectivity index (χ3n) is 15.8. The molecule has 0 saturated heterocycles. The minimum absolute atomic E-state index is 0.0142. The summed E-state index contributed by atoms with van der Waals surface area (Å²) in [6, 6.07) is 14.5. The molecule has 0 spiro atoms. The Hall–Kier alpha value is -5.64. The van der Waals surface area contributed by atoms with Crippen LogP contribution in [0.25, 0.3) is 50.2 Å². The van der Waals surface area contributed by atoms with Crippen LogP contribution in [0.5, 0.6) is 0 Å². The highest BCUT2D eigenvalue weighted by Gasteiger charge is 2.56. The van der Waals surface area contributed by atoms with Crippen molar-refractivity contribution in [3.8, 4) is 22.8 Å². The lowest BCUT2D eigenvalue weighted by Gasteiger charge is -2.53. The van der Waals surface area contributed by atoms with Crippen LogP contribution in [-0.4, -0.2) is 375 Å². The van der Waals surface area contributed by atoms with Gasteiger partial charge in [0.1, 0.15) is 5.03 Å². The first-order valence-corrected chi connectivity index (χ1v) is 31.2. The van der Waals surface area contributed by atoms with Gasteiger partial charge in [0, 0.05) is 305 Å². The van der Waals surface area contributed by atoms with Crippen LogP contribution in [0.3, 0.4) is 0 Å². The number of nitrogens with one attached hydrogen (secondary N) is 5. The predicted molar refractivity (Wildman–Crippen MR) is 438 cm³/mol. The molecule has 1 fully saturated rings. The van der Waals surface area contributed by atoms with Gasteiger partial charge in [-0.2, -0.15) is 25.7 Å². The highest BCUT2D eigenvalue weighted by molar-refractivity contribution is 8.31. The van der Waals surface area contributed by atoms with Gasteiger partial charge in [-0.05, 0) is 102 Å². The fourth-order valence-electron chi connectivity index (χ4n) is 11.4. The molecule has 10 heterocycles. The summed E-state index contributed by atoms with van der Waals surface area (Å²) in [6.07, 6.45) is -11.1. The fourth-order valence-corrected chi connectivity index (χ4v) is 12.6. The summed E-state index contributed by atoms with van der Waals surface area (Å²) in [6.45, 7) is 13.0. The Morgan fingerprint density at radius 1 is 0.520 bits per heavy atom. The Morgan fingerprint density at radius 3 is 1.33 bits per heavy atom. The summed E-state index contributed by atoms with van der Waals surface area (Å²) in [5.74, 6) is 1.65. The molecule has 410 valence electrons. The quantitative estimate of drug-likeness (QED) is 0.0172. The molecule has 0 aromatic carbocycles. The molecule has 0 aliphatic heterocycles. The normalized spacial score (nSPS) is 10.9. The van der Waals surface area contributed by atoms with Crippen LogP contribution in [0.4, 0.5) is 11.5 Å². The van der Waals surface area contributed by atoms with Crippen LogP contribution in [0.1, 0.15) is 12.8 Å². The van der Waals surface area contributed by atoms with Crippen molar-refractivity contribution in [3.63, 3.8) is 0 Å². The number of imidazole rings is 1. The number of hydrogen-bond acceptors (Lipinski definition) is 16. The Bertz CT molecular complexity index is 4270. The predicted octanol–water partition coefficient (Wildman–Crippen LogP) is -9.55. The molecule has 1 aliphatic rings. The van der Waals surface area contributed by atoms with Gasteiger partial charge in [-0.3, -0.25) is 28.2 Å². The van der Waals surface area contributed by atoms with E-state index in [2.05, 4.69) is 111 Å². The first-order chi connectivity index (χ1) is 46.5. The molecular weight excluding hydrogens is 1240 g/mol. The second-order valence-electron chi connectivity index (χ2n) is 22.6. The van der Waals surface area contributed by atoms with Crippen LogP contribution in [0.15, 0.2) is 102 Å². The third kappa shape index (κ3) is 20.3. The van der Waals surface area contributed by atoms with Crippen molar-refractivity contribution in [1.29, 1.82) is 0 Å². The van der Waals surface area contributed by atoms with Gasteiger partial charge in [0.25, 0.3) is 0 Å². The molecule has 5 N–H and O–H groups in total. The molecule has 10 aromatic rings. The Kier molecular flexibility index (Phi) is 29.9. The van der Waals surface area contributed by atoms with Crippen molar-refractivity contribution < 1.29 is 4.79 Å². The third-order valence-corrected chi connectivity index (χ3v) is 17.2. The maximum atomic E-state index is 11.9. The Morgan fingerprint density at radius 2 is 0.918 bits per heavy atom. The van der Waals surface area contributed by atoms with Crippen LogP contribution in [0, 0.1) is 22.0 Å². The number of nitrogens with zero attached hydrogens (tertiary/aromatic N) is 17. The van der Waals surface area contributed by atoms with Gasteiger partial charge in [0.05, 0.1) is 12.8 Å². The first kappa shape index (κ1) is 79.7. The lowest BCUT2D eigenvalue weighted by atomic mass is 8.28. The van der Waals surface area contributed by atoms with Gasteiger partial charge in [-0.1, -0.05) is 19.2 Å². The van der Waals surface area contributed by atoms with Crippen molar-refractivity contribution in [2.24, 2.45) is 5.92 Å². The number of carbonyl (C=O) groups excluding carboxylic acids is 1. The van der Waals surface area contributed by atoms with E-state index in [4.69, 9.17) is 186 Å². The number of amides is 1. The van der Waals surface area contributed by atoms with E-state index < -0.39 is 115 Å². The highest BCUT2D eigenvalue weighted by Crippen LogP contribution is 2.31. The molecule has 1 saturated carbocycles. The van der Waals surface area contributed by atoms with Crippen molar-refractivity contribution in [2.75, 3.05) is 5.32 Å². The van der Waals surface area contributed by atoms with E-state index in [1.807, 2.05) is 53.2 Å². The van der Waals surface area contributed by atoms with Crippen LogP contribution >= 0.6 is 36.2 Å². The van der Waals surface area contributed by atoms with Gasteiger partial charge in [-0.25, -0.2) is 14.3 Å². The first-order valence-electron chi connectivity index (χ1n) is 29.6. The number of tetrazole rings is 2. The zero-order valence-electron chi connectivity index (χ0n) is 52.5. The van der Waals surface area contributed by atoms with E-state index in [9.17, 15) is 4.79 Å². The fraction of sp³-hybridized carbons (Fsp3) is 0.0882. The minimum atomic E-state index is -1.20. The van der Waals surface area contributed by atoms with Crippen molar-refractivity contribution in [3.05, 3.63) is 113 Å². The highest BCUT2D eigenvalue weighted by atomic mass is 32.2. The molecule has 0 bridgehead atoms. The summed E-state index contributed by atoms with van der Waals surface area (Å²) >= 11 is 11.4. The average molecular weight is 1270 g/mol. The monoisotopic (exact) mass is 1270 g/mol. The summed E-state index contributed by atoms with van der Waals surface area (Å²) in [5, 5.41) is 58.2. The number of hydrogen-bond donors (Lipinski definition) is 5. The van der Waals surface area contributed by atoms with Crippen molar-refractivity contribution >= 4 is 346 Å². The number of carbonyl (C=O) groups is 1. The van der Waals surface area contributed by atoms with Gasteiger partial charge in [-0.15, -0.1) is 36.3 Å². The SMILES string of the molecule is C=C=C.O=C(Nc1cn2nc(Sc3nnc4ccc(-c5nn[nH]n5)cn34)ccc2n1)C1CC1.S=c1[nH]nc2ccc(-c3nn[nH]n3)cn12.[B]B([B])B(B([B])[B])B(B(B([B])[B])B([B])[B])B(B(B([B])[B])B([B])[B])B(B(B([B])[B])B([B])[B])B(B([B])[B])B([B])[B].[C-]#[N+]c1ccc2n[nH]c(=S)n2c1. The Balaban J connectivity index is 0.000000196. The largest absolute Gasteiger partial charge is 0.309 e. The molecule has 1 aliphatic carbocycles. The summed E-state index contributed by atoms with van der Waals surface area (Å²) in [4.78, 5) is 19.6. The summed E-state index contributed by atoms with van der Waals surface area (Å²) in [5.41, 5.74) is 7.25. The van der Waals surface area contributed by atoms with Crippen LogP contribution in [0.2, 0.25) is 0 Å². The molecule has 0 atom stereocenters. The molecule has 0 unspecified atom stereocenters. The minimum Gasteiger partial charge on any atom is -0.309 e. The molecule has 23 nitrogen and oxygen atoms in total. The summed E-state index contributed by atoms with van der Waals surface area (Å²) < 4.78 is 7.95. The van der Waals surface area contributed by atoms with Crippen molar-refractivity contribution in [2.45, 2.75) is 23.0 Å². The van der Waals surface area contributed by atoms with Gasteiger partial charge >= 0.3 is 0 Å². The van der Waals surface area contributed by atoms with Gasteiger partial charge in [0.2, 0.25) is 28.4 Å². The Labute approximate surface area is 615 Å². The van der Waals surface area contributed by atoms with E-state index in [0.29, 0.717) is 54.2 Å². The van der Waals surface area contributed by atoms with E-state index >= 15 is 0 Å². The second-order valence-corrected chi connectivity index (χ2v) is 24.4. The molecule has 1 amide bonds. The number of anilines is 1. The van der Waals surface area contributed by atoms with E-state index in [-0.39, 0.29) is 11.8 Å². The number of fused-ring (bicyclic) bond motifs is 4. The lowest BCUT2D eigenvalue weighted by Crippen LogP contribution is -2.92. The molecule has 10 aromatic heterocycles. The zero-order valence-corrected chi connectivity index (χ0v) is 55.0. The standard InChI is InChI=1S/C17H13N11OS.C7H5N7S.C7H4N4S.C3H4.B38/c29-16(9-1-2-9)19-11-8-28-12(18-11)5-6-14(24-28)30-17-23-20-13-4-3-10(7-27(13)17)15-21-25-26-22-15;15-7-11-8-5-2-1-4(3-14(5)7)6-9-12-13-10-6;1-8-5-2-3-6-9-10-7(12)11(6)4-5;1-3-2;1-21(2)31(22(3)4)36(32(23(5)6)24(7)8)38(35(29(17)18)30(19)20)37(33(25(9)10)26(11)12)34(27(13)14)28(15)16/h3-9H,1-2H2,(H,19,29)(H,21,22,25,26);1-3H,(H,11,15)(H,9,10,12,13);2-4H,(H,10,12);1-2H2;. The van der Waals surface area contributed by atoms with Crippen molar-refractivity contribution in [1.82, 2.24) is 99.6 Å². The lowest BCUT2D eigenvalue weighted by molar-refractivity contribution is -0.117. The molecule has 64 heteroatoms. The number of rotatable bonds is 23. The zero-order chi connectivity index (χ0) is 72.0. The van der Waals surface area contributed by atoms with Gasteiger partial charge in [0.15, 0.2) is 37.9 Å². The molecule has 40 radical (unpaired) electrons. The van der Waals surface area contributed by atoms with E-state index in [1.54, 1.807) is 37.8 Å². The number of H-pyrrole nitrogens is 4. The van der Waals surface area contributed by atoms with Gasteiger partial charge < -0.3 is 5.32 Å². The van der Waals surface area contributed by atoms with E-state index in [1.165, 1.54) is 11.8 Å². The van der Waals surface area contributed by atoms with Crippen LogP contribution < -0.4 is 5.32 Å². The molecule has 11 rings (SSSR count). The number of aromatic nitrogens is 20. The number of pyridine rings is 3. The maximum absolute atomic E-state index is 11.9. The van der Waals surface area contributed by atoms with Crippen LogP contribution in [-0.2, 0) is 4.79 Å². The maximum Gasteiger partial charge on any atom is 0.228 e. The average Bonchev–Trinajstić information content (AvgIpc) is 1.12. The summed E-state index contributed by atoms with van der Waals surface area (Å²) in [7, 11) is 124. The van der Waals surface area contributed by atoms with E-state index in [0.717, 1.165) is 35.3 Å². The molecule has 98 heavy (non-hydrogen) atoms.